The number of aromatic carboxylic acids is 1. The van der Waals surface area contributed by atoms with Gasteiger partial charge in [-0.1, -0.05) is 6.20 Å². The van der Waals surface area contributed by atoms with Crippen LogP contribution in [0.5, 0.6) is 0 Å². The van der Waals surface area contributed by atoms with Gasteiger partial charge >= 0.3 is 21.1 Å². The van der Waals surface area contributed by atoms with Gasteiger partial charge in [0.1, 0.15) is 0 Å². The van der Waals surface area contributed by atoms with Gasteiger partial charge in [0.2, 0.25) is 5.97 Å². The number of rotatable bonds is 1. The van der Waals surface area contributed by atoms with Crippen LogP contribution in [0.2, 0.25) is 0 Å². The molecule has 1 rings (SSSR count). The molecule has 58 valence electrons. The van der Waals surface area contributed by atoms with Crippen LogP contribution in [-0.2, 0) is 21.1 Å². The zero-order valence-electron chi connectivity index (χ0n) is 5.94. The normalized spacial score (nSPS) is 7.27. The van der Waals surface area contributed by atoms with E-state index in [1.807, 2.05) is 0 Å². The number of carboxylic acids is 1. The van der Waals surface area contributed by atoms with Crippen molar-refractivity contribution >= 4 is 5.97 Å². The molecule has 0 atom stereocenters. The third-order valence-corrected chi connectivity index (χ3v) is 0.839. The van der Waals surface area contributed by atoms with Crippen molar-refractivity contribution in [2.45, 2.75) is 0 Å². The minimum absolute atomic E-state index is 0. The Hall–Kier alpha value is -0.692. The van der Waals surface area contributed by atoms with Crippen molar-refractivity contribution in [2.75, 3.05) is 0 Å². The smallest absolute Gasteiger partial charge is 0.521 e. The summed E-state index contributed by atoms with van der Waals surface area (Å²) >= 11 is 0. The van der Waals surface area contributed by atoms with Crippen LogP contribution in [0.25, 0.3) is 0 Å². The van der Waals surface area contributed by atoms with E-state index < -0.39 is 5.97 Å². The first-order valence-corrected chi connectivity index (χ1v) is 2.36. The molecule has 1 aromatic heterocycles. The third-order valence-electron chi connectivity index (χ3n) is 0.839. The monoisotopic (exact) mass is 321 g/mol. The predicted molar refractivity (Wildman–Crippen MR) is 36.4 cm³/mol. The topological polar surface area (TPSA) is 50.2 Å². The molecule has 0 fully saturated rings. The number of carbonyl (C=O) groups is 1. The van der Waals surface area contributed by atoms with E-state index in [0.29, 0.717) is 0 Å². The minimum Gasteiger partial charge on any atom is -0.521 e. The molecule has 0 saturated heterocycles. The van der Waals surface area contributed by atoms with Crippen molar-refractivity contribution in [3.05, 3.63) is 37.5 Å². The molecule has 1 aromatic rings. The van der Waals surface area contributed by atoms with Crippen LogP contribution in [0.1, 0.15) is 10.4 Å². The fraction of sp³-hybridized carbons (Fsp3) is 0. The number of nitrogens with zero attached hydrogens (tertiary/aromatic N) is 1. The van der Waals surface area contributed by atoms with Gasteiger partial charge in [0.05, 0.1) is 0 Å². The molecule has 11 heavy (non-hydrogen) atoms. The summed E-state index contributed by atoms with van der Waals surface area (Å²) in [5.41, 5.74) is 0.0949. The molecule has 1 heterocycles. The first kappa shape index (κ1) is 12.9. The second-order valence-electron chi connectivity index (χ2n) is 1.47. The second-order valence-corrected chi connectivity index (χ2v) is 1.47. The number of carboxylic acid groups (broad SMARTS) is 1. The molecule has 0 aliphatic carbocycles. The molecule has 0 bridgehead atoms. The van der Waals surface area contributed by atoms with Crippen molar-refractivity contribution in [1.29, 1.82) is 0 Å². The van der Waals surface area contributed by atoms with E-state index in [0.717, 1.165) is 0 Å². The SMILES string of the molecule is O=C(O)c1[c-]nccc1.[CH3-].[W+2]. The van der Waals surface area contributed by atoms with E-state index in [-0.39, 0.29) is 34.1 Å². The maximum Gasteiger partial charge on any atom is 2.00 e. The van der Waals surface area contributed by atoms with Crippen molar-refractivity contribution < 1.29 is 31.0 Å². The Labute approximate surface area is 79.7 Å². The van der Waals surface area contributed by atoms with E-state index in [4.69, 9.17) is 5.11 Å². The zero-order valence-corrected chi connectivity index (χ0v) is 8.88. The van der Waals surface area contributed by atoms with Gasteiger partial charge in [0.15, 0.2) is 0 Å². The summed E-state index contributed by atoms with van der Waals surface area (Å²) in [6.07, 6.45) is 3.80. The Morgan fingerprint density at radius 1 is 1.64 bits per heavy atom. The maximum atomic E-state index is 10.1. The van der Waals surface area contributed by atoms with Crippen molar-refractivity contribution in [1.82, 2.24) is 4.98 Å². The van der Waals surface area contributed by atoms with Crippen LogP contribution in [0.15, 0.2) is 18.3 Å². The van der Waals surface area contributed by atoms with Crippen molar-refractivity contribution in [2.24, 2.45) is 0 Å². The van der Waals surface area contributed by atoms with E-state index >= 15 is 0 Å². The fourth-order valence-electron chi connectivity index (χ4n) is 0.445. The van der Waals surface area contributed by atoms with Gasteiger partial charge in [-0.25, -0.2) is 0 Å². The summed E-state index contributed by atoms with van der Waals surface area (Å²) in [5, 5.41) is 8.31. The number of hydrogen-bond acceptors (Lipinski definition) is 2. The summed E-state index contributed by atoms with van der Waals surface area (Å²) in [5.74, 6) is -0.997. The fourth-order valence-corrected chi connectivity index (χ4v) is 0.445. The van der Waals surface area contributed by atoms with Gasteiger partial charge in [-0.2, -0.15) is 0 Å². The summed E-state index contributed by atoms with van der Waals surface area (Å²) in [6, 6.07) is 3.00. The molecule has 0 unspecified atom stereocenters. The Balaban J connectivity index is 0. The Morgan fingerprint density at radius 3 is 2.55 bits per heavy atom. The number of pyridine rings is 1. The molecule has 0 radical (unpaired) electrons. The van der Waals surface area contributed by atoms with Crippen molar-refractivity contribution in [3.8, 4) is 0 Å². The van der Waals surface area contributed by atoms with Gasteiger partial charge in [-0.3, -0.25) is 0 Å². The van der Waals surface area contributed by atoms with Crippen LogP contribution in [0.3, 0.4) is 0 Å². The second kappa shape index (κ2) is 6.05. The molecule has 0 aromatic carbocycles. The summed E-state index contributed by atoms with van der Waals surface area (Å²) in [4.78, 5) is 13.6. The molecule has 0 saturated carbocycles. The Bertz CT molecular complexity index is 213. The van der Waals surface area contributed by atoms with Crippen LogP contribution in [0.4, 0.5) is 0 Å². The summed E-state index contributed by atoms with van der Waals surface area (Å²) in [7, 11) is 0. The standard InChI is InChI=1S/C6H4NO2.CH3.W/c8-6(9)5-2-1-3-7-4-5;;/h1-3H,(H,8,9);1H3;/q2*-1;+2. The van der Waals surface area contributed by atoms with E-state index in [1.165, 1.54) is 12.3 Å². The van der Waals surface area contributed by atoms with Gasteiger partial charge < -0.3 is 22.3 Å². The van der Waals surface area contributed by atoms with Crippen LogP contribution >= 0.6 is 0 Å². The van der Waals surface area contributed by atoms with Crippen LogP contribution < -0.4 is 0 Å². The molecule has 0 amide bonds. The Morgan fingerprint density at radius 2 is 2.27 bits per heavy atom. The number of aromatic nitrogens is 1. The maximum absolute atomic E-state index is 10.1. The molecule has 3 nitrogen and oxygen atoms in total. The Kier molecular flexibility index (Phi) is 7.11. The molecule has 4 heteroatoms. The van der Waals surface area contributed by atoms with E-state index in [9.17, 15) is 4.79 Å². The van der Waals surface area contributed by atoms with Gasteiger partial charge in [0.25, 0.3) is 0 Å². The van der Waals surface area contributed by atoms with Crippen LogP contribution in [0, 0.1) is 13.6 Å². The third kappa shape index (κ3) is 3.89. The van der Waals surface area contributed by atoms with Gasteiger partial charge in [0, 0.05) is 0 Å². The molecular formula is C7H7NO2W. The van der Waals surface area contributed by atoms with Crippen molar-refractivity contribution in [3.63, 3.8) is 0 Å². The molecule has 0 aliphatic heterocycles. The average molecular weight is 321 g/mol. The van der Waals surface area contributed by atoms with Crippen LogP contribution in [-0.4, -0.2) is 16.1 Å². The van der Waals surface area contributed by atoms with Gasteiger partial charge in [-0.15, -0.1) is 12.1 Å². The quantitative estimate of drug-likeness (QED) is 0.786. The first-order chi connectivity index (χ1) is 4.30. The number of hydrogen-bond donors (Lipinski definition) is 1. The molecule has 0 aliphatic rings. The molecule has 1 N–H and O–H groups in total. The largest absolute Gasteiger partial charge is 2.00 e. The summed E-state index contributed by atoms with van der Waals surface area (Å²) < 4.78 is 0. The van der Waals surface area contributed by atoms with Gasteiger partial charge in [-0.05, 0) is 11.8 Å². The average Bonchev–Trinajstić information content (AvgIpc) is 1.90. The molecule has 0 spiro atoms. The first-order valence-electron chi connectivity index (χ1n) is 2.36. The summed E-state index contributed by atoms with van der Waals surface area (Å²) in [6.45, 7) is 0. The van der Waals surface area contributed by atoms with E-state index in [2.05, 4.69) is 11.2 Å². The minimum atomic E-state index is -0.997. The molecular weight excluding hydrogens is 314 g/mol. The van der Waals surface area contributed by atoms with E-state index in [1.54, 1.807) is 6.07 Å². The zero-order chi connectivity index (χ0) is 6.69. The predicted octanol–water partition coefficient (Wildman–Crippen LogP) is 1.03.